The summed E-state index contributed by atoms with van der Waals surface area (Å²) in [6, 6.07) is 6.41. The van der Waals surface area contributed by atoms with Crippen LogP contribution in [-0.4, -0.2) is 62.1 Å². The highest BCUT2D eigenvalue weighted by Gasteiger charge is 2.28. The lowest BCUT2D eigenvalue weighted by Gasteiger charge is -2.37. The number of benzene rings is 1. The number of carbonyl (C=O) groups is 1. The maximum atomic E-state index is 13.9. The molecule has 2 amide bonds. The molecule has 5 rings (SSSR count). The molecule has 4 heterocycles. The highest BCUT2D eigenvalue weighted by Crippen LogP contribution is 2.32. The Balaban J connectivity index is 1.30. The van der Waals surface area contributed by atoms with E-state index in [9.17, 15) is 13.6 Å². The van der Waals surface area contributed by atoms with Crippen molar-refractivity contribution in [1.29, 1.82) is 0 Å². The van der Waals surface area contributed by atoms with Crippen molar-refractivity contribution in [3.05, 3.63) is 60.6 Å². The SMILES string of the molecule is CN(C(=O)Nc1ccc(F)cc1F)C1CCN(c2nnc(-c3ccnn3C)c3ccncc23)CC1. The van der Waals surface area contributed by atoms with Gasteiger partial charge in [0.1, 0.15) is 17.3 Å². The van der Waals surface area contributed by atoms with Crippen LogP contribution < -0.4 is 10.2 Å². The highest BCUT2D eigenvalue weighted by atomic mass is 19.1. The Kier molecular flexibility index (Phi) is 5.98. The molecule has 1 fully saturated rings. The lowest BCUT2D eigenvalue weighted by atomic mass is 10.0. The van der Waals surface area contributed by atoms with E-state index in [-0.39, 0.29) is 11.7 Å². The van der Waals surface area contributed by atoms with Crippen molar-refractivity contribution >= 4 is 28.3 Å². The second-order valence-electron chi connectivity index (χ2n) is 8.52. The van der Waals surface area contributed by atoms with Crippen LogP contribution in [0.15, 0.2) is 48.9 Å². The number of aromatic nitrogens is 5. The van der Waals surface area contributed by atoms with Gasteiger partial charge >= 0.3 is 6.03 Å². The Morgan fingerprint density at radius 3 is 2.60 bits per heavy atom. The Morgan fingerprint density at radius 1 is 1.09 bits per heavy atom. The maximum Gasteiger partial charge on any atom is 0.321 e. The number of urea groups is 1. The van der Waals surface area contributed by atoms with Gasteiger partial charge in [-0.15, -0.1) is 10.2 Å². The number of pyridine rings is 1. The van der Waals surface area contributed by atoms with Crippen LogP contribution in [-0.2, 0) is 7.05 Å². The lowest BCUT2D eigenvalue weighted by Crippen LogP contribution is -2.47. The van der Waals surface area contributed by atoms with Crippen LogP contribution in [0.4, 0.5) is 25.1 Å². The number of nitrogens with zero attached hydrogens (tertiary/aromatic N) is 7. The van der Waals surface area contributed by atoms with E-state index in [1.165, 1.54) is 6.07 Å². The van der Waals surface area contributed by atoms with Gasteiger partial charge in [0.2, 0.25) is 0 Å². The molecule has 0 saturated carbocycles. The van der Waals surface area contributed by atoms with Crippen LogP contribution >= 0.6 is 0 Å². The standard InChI is InChI=1S/C24H24F2N8O/c1-32(24(35)29-20-4-3-15(25)13-19(20)26)16-7-11-34(12-8-16)23-18-14-27-9-5-17(18)22(30-31-23)21-6-10-28-33(21)2/h3-6,9-10,13-14,16H,7-8,11-12H2,1-2H3,(H,29,35). The van der Waals surface area contributed by atoms with Gasteiger partial charge in [-0.05, 0) is 37.1 Å². The molecule has 1 aromatic carbocycles. The third kappa shape index (κ3) is 4.36. The summed E-state index contributed by atoms with van der Waals surface area (Å²) in [5.41, 5.74) is 1.55. The minimum Gasteiger partial charge on any atom is -0.354 e. The number of aryl methyl sites for hydroxylation is 1. The maximum absolute atomic E-state index is 13.9. The molecule has 3 aromatic heterocycles. The molecular weight excluding hydrogens is 454 g/mol. The zero-order valence-electron chi connectivity index (χ0n) is 19.3. The van der Waals surface area contributed by atoms with E-state index in [1.54, 1.807) is 35.2 Å². The van der Waals surface area contributed by atoms with Crippen molar-refractivity contribution in [1.82, 2.24) is 29.9 Å². The van der Waals surface area contributed by atoms with E-state index < -0.39 is 17.7 Å². The van der Waals surface area contributed by atoms with Gasteiger partial charge in [-0.1, -0.05) is 0 Å². The molecular formula is C24H24F2N8O. The Hall–Kier alpha value is -4.15. The predicted octanol–water partition coefficient (Wildman–Crippen LogP) is 3.84. The van der Waals surface area contributed by atoms with Gasteiger partial charge in [-0.2, -0.15) is 5.10 Å². The minimum atomic E-state index is -0.810. The average Bonchev–Trinajstić information content (AvgIpc) is 3.30. The molecule has 1 N–H and O–H groups in total. The third-order valence-electron chi connectivity index (χ3n) is 6.43. The summed E-state index contributed by atoms with van der Waals surface area (Å²) in [6.07, 6.45) is 6.64. The molecule has 35 heavy (non-hydrogen) atoms. The summed E-state index contributed by atoms with van der Waals surface area (Å²) in [4.78, 5) is 20.7. The normalized spacial score (nSPS) is 14.3. The smallest absolute Gasteiger partial charge is 0.321 e. The molecule has 0 spiro atoms. The number of rotatable bonds is 4. The van der Waals surface area contributed by atoms with Crippen LogP contribution in [0.2, 0.25) is 0 Å². The predicted molar refractivity (Wildman–Crippen MR) is 128 cm³/mol. The number of hydrogen-bond acceptors (Lipinski definition) is 6. The largest absolute Gasteiger partial charge is 0.354 e. The zero-order valence-corrected chi connectivity index (χ0v) is 19.3. The Morgan fingerprint density at radius 2 is 1.89 bits per heavy atom. The van der Waals surface area contributed by atoms with Crippen LogP contribution in [0.5, 0.6) is 0 Å². The molecule has 1 saturated heterocycles. The molecule has 0 radical (unpaired) electrons. The molecule has 1 aliphatic rings. The van der Waals surface area contributed by atoms with Crippen molar-refractivity contribution in [2.75, 3.05) is 30.4 Å². The summed E-state index contributed by atoms with van der Waals surface area (Å²) < 4.78 is 28.8. The fourth-order valence-corrected chi connectivity index (χ4v) is 4.44. The number of fused-ring (bicyclic) bond motifs is 1. The highest BCUT2D eigenvalue weighted by molar-refractivity contribution is 5.99. The number of amides is 2. The molecule has 0 atom stereocenters. The van der Waals surface area contributed by atoms with Crippen molar-refractivity contribution in [2.45, 2.75) is 18.9 Å². The quantitative estimate of drug-likeness (QED) is 0.479. The summed E-state index contributed by atoms with van der Waals surface area (Å²) in [6.45, 7) is 1.33. The van der Waals surface area contributed by atoms with Gasteiger partial charge in [0, 0.05) is 68.7 Å². The first-order valence-electron chi connectivity index (χ1n) is 11.2. The number of anilines is 2. The van der Waals surface area contributed by atoms with Gasteiger partial charge in [0.15, 0.2) is 5.82 Å². The van der Waals surface area contributed by atoms with Crippen LogP contribution in [0.25, 0.3) is 22.2 Å². The first-order valence-corrected chi connectivity index (χ1v) is 11.2. The van der Waals surface area contributed by atoms with Gasteiger partial charge in [-0.3, -0.25) is 9.67 Å². The van der Waals surface area contributed by atoms with Crippen molar-refractivity contribution in [3.63, 3.8) is 0 Å². The van der Waals surface area contributed by atoms with Gasteiger partial charge < -0.3 is 15.1 Å². The second-order valence-corrected chi connectivity index (χ2v) is 8.52. The first kappa shape index (κ1) is 22.6. The number of hydrogen-bond donors (Lipinski definition) is 1. The van der Waals surface area contributed by atoms with E-state index in [1.807, 2.05) is 19.2 Å². The van der Waals surface area contributed by atoms with Gasteiger partial charge in [0.25, 0.3) is 0 Å². The summed E-state index contributed by atoms with van der Waals surface area (Å²) in [7, 11) is 3.54. The summed E-state index contributed by atoms with van der Waals surface area (Å²) >= 11 is 0. The van der Waals surface area contributed by atoms with Gasteiger partial charge in [0.05, 0.1) is 11.4 Å². The van der Waals surface area contributed by atoms with Crippen molar-refractivity contribution < 1.29 is 13.6 Å². The minimum absolute atomic E-state index is 0.0409. The monoisotopic (exact) mass is 478 g/mol. The number of halogens is 2. The van der Waals surface area contributed by atoms with E-state index >= 15 is 0 Å². The molecule has 1 aliphatic heterocycles. The van der Waals surface area contributed by atoms with Crippen LogP contribution in [0.3, 0.4) is 0 Å². The topological polar surface area (TPSA) is 92.1 Å². The number of carbonyl (C=O) groups excluding carboxylic acids is 1. The Bertz CT molecular complexity index is 1380. The first-order chi connectivity index (χ1) is 16.9. The van der Waals surface area contributed by atoms with E-state index in [4.69, 9.17) is 0 Å². The summed E-state index contributed by atoms with van der Waals surface area (Å²) in [5.74, 6) is -0.756. The lowest BCUT2D eigenvalue weighted by molar-refractivity contribution is 0.193. The van der Waals surface area contributed by atoms with Crippen LogP contribution in [0.1, 0.15) is 12.8 Å². The van der Waals surface area contributed by atoms with E-state index in [0.29, 0.717) is 25.9 Å². The molecule has 9 nitrogen and oxygen atoms in total. The van der Waals surface area contributed by atoms with Crippen molar-refractivity contribution in [2.24, 2.45) is 7.05 Å². The molecule has 4 aromatic rings. The number of piperidine rings is 1. The van der Waals surface area contributed by atoms with Gasteiger partial charge in [-0.25, -0.2) is 13.6 Å². The average molecular weight is 479 g/mol. The third-order valence-corrected chi connectivity index (χ3v) is 6.43. The zero-order chi connectivity index (χ0) is 24.5. The van der Waals surface area contributed by atoms with Crippen LogP contribution in [0, 0.1) is 11.6 Å². The molecule has 11 heteroatoms. The number of nitrogens with one attached hydrogen (secondary N) is 1. The fraction of sp³-hybridized carbons (Fsp3) is 0.292. The van der Waals surface area contributed by atoms with Crippen molar-refractivity contribution in [3.8, 4) is 11.4 Å². The van der Waals surface area contributed by atoms with E-state index in [2.05, 4.69) is 30.5 Å². The fourth-order valence-electron chi connectivity index (χ4n) is 4.44. The molecule has 180 valence electrons. The Labute approximate surface area is 200 Å². The summed E-state index contributed by atoms with van der Waals surface area (Å²) in [5, 5.41) is 17.6. The van der Waals surface area contributed by atoms with E-state index in [0.717, 1.165) is 40.1 Å². The molecule has 0 bridgehead atoms. The molecule has 0 unspecified atom stereocenters. The second kappa shape index (κ2) is 9.24. The molecule has 0 aliphatic carbocycles.